The van der Waals surface area contributed by atoms with Crippen LogP contribution in [0.3, 0.4) is 0 Å². The minimum Gasteiger partial charge on any atom is -0.352 e. The Balaban J connectivity index is 0.00000293. The summed E-state index contributed by atoms with van der Waals surface area (Å²) in [7, 11) is 0. The number of aromatic nitrogens is 3. The summed E-state index contributed by atoms with van der Waals surface area (Å²) >= 11 is 0. The Bertz CT molecular complexity index is 2720. The van der Waals surface area contributed by atoms with Crippen molar-refractivity contribution in [2.24, 2.45) is 0 Å². The molecule has 0 aliphatic carbocycles. The number of benzene rings is 5. The Morgan fingerprint density at radius 2 is 0.983 bits per heavy atom. The number of aryl methyl sites for hydroxylation is 1. The summed E-state index contributed by atoms with van der Waals surface area (Å²) in [6.45, 7) is 17.9. The first-order valence-electron chi connectivity index (χ1n) is 19.7. The molecule has 3 aromatic heterocycles. The molecule has 8 aromatic rings. The molecule has 0 bridgehead atoms. The SMILES string of the molecule is Cc1cc(-c2[c-]cc(-c3ccccc3-c3c(C)c(C)c(-c4ccccc4-c4c[c-]c(-c5cc(C(C)(C)C)ccn5)cn4)c(C)c3C)cc2)ncc1-c1ccccc1.[Ir].[Ir]. The Labute approximate surface area is 377 Å². The Hall–Kier alpha value is -5.15. The molecule has 0 N–H and O–H groups in total. The van der Waals surface area contributed by atoms with Gasteiger partial charge in [-0.05, 0) is 130 Å². The monoisotopic (exact) mass is 1120 g/mol. The molecule has 5 aromatic carbocycles. The van der Waals surface area contributed by atoms with Gasteiger partial charge in [-0.3, -0.25) is 0 Å². The summed E-state index contributed by atoms with van der Waals surface area (Å²) in [5.41, 5.74) is 22.8. The van der Waals surface area contributed by atoms with Crippen LogP contribution in [0.2, 0.25) is 0 Å². The van der Waals surface area contributed by atoms with E-state index >= 15 is 0 Å². The average molecular weight is 1120 g/mol. The van der Waals surface area contributed by atoms with Gasteiger partial charge in [0.25, 0.3) is 0 Å². The van der Waals surface area contributed by atoms with Crippen molar-refractivity contribution in [1.82, 2.24) is 15.0 Å². The van der Waals surface area contributed by atoms with Gasteiger partial charge in [0.2, 0.25) is 0 Å². The number of hydrogen-bond donors (Lipinski definition) is 0. The van der Waals surface area contributed by atoms with Crippen molar-refractivity contribution in [2.45, 2.75) is 60.8 Å². The van der Waals surface area contributed by atoms with Crippen LogP contribution in [0.1, 0.15) is 54.2 Å². The molecule has 59 heavy (non-hydrogen) atoms. The zero-order valence-electron chi connectivity index (χ0n) is 34.8. The van der Waals surface area contributed by atoms with Crippen LogP contribution in [-0.2, 0) is 45.6 Å². The van der Waals surface area contributed by atoms with Crippen LogP contribution in [0.15, 0.2) is 140 Å². The van der Waals surface area contributed by atoms with Crippen molar-refractivity contribution in [3.8, 4) is 78.3 Å². The second kappa shape index (κ2) is 18.0. The molecule has 0 amide bonds. The van der Waals surface area contributed by atoms with Crippen LogP contribution in [0.4, 0.5) is 0 Å². The molecular weight excluding hydrogens is 1080 g/mol. The molecule has 298 valence electrons. The van der Waals surface area contributed by atoms with Crippen molar-refractivity contribution < 1.29 is 40.2 Å². The van der Waals surface area contributed by atoms with Gasteiger partial charge in [-0.15, -0.1) is 47.5 Å². The molecule has 0 spiro atoms. The van der Waals surface area contributed by atoms with Gasteiger partial charge in [0.1, 0.15) is 0 Å². The minimum atomic E-state index is 0. The van der Waals surface area contributed by atoms with Crippen molar-refractivity contribution in [3.63, 3.8) is 0 Å². The third kappa shape index (κ3) is 8.63. The molecule has 3 heterocycles. The van der Waals surface area contributed by atoms with E-state index in [2.05, 4.69) is 182 Å². The Kier molecular flexibility index (Phi) is 13.2. The second-order valence-corrected chi connectivity index (χ2v) is 16.1. The van der Waals surface area contributed by atoms with Crippen LogP contribution >= 0.6 is 0 Å². The summed E-state index contributed by atoms with van der Waals surface area (Å²) in [5, 5.41) is 0. The van der Waals surface area contributed by atoms with Gasteiger partial charge in [-0.25, -0.2) is 0 Å². The van der Waals surface area contributed by atoms with Crippen molar-refractivity contribution in [2.75, 3.05) is 0 Å². The summed E-state index contributed by atoms with van der Waals surface area (Å²) in [6.07, 6.45) is 5.76. The van der Waals surface area contributed by atoms with Crippen molar-refractivity contribution >= 4 is 0 Å². The molecule has 5 heteroatoms. The zero-order valence-corrected chi connectivity index (χ0v) is 39.6. The second-order valence-electron chi connectivity index (χ2n) is 16.1. The van der Waals surface area contributed by atoms with Gasteiger partial charge in [0, 0.05) is 58.2 Å². The maximum atomic E-state index is 4.99. The summed E-state index contributed by atoms with van der Waals surface area (Å²) in [5.74, 6) is 0. The summed E-state index contributed by atoms with van der Waals surface area (Å²) < 4.78 is 0. The smallest absolute Gasteiger partial charge is 0.0242 e. The standard InChI is InChI=1S/C54H47N3.2Ir/c1-34-30-50(57-33-48(34)39-16-10-9-11-17-39)41-24-22-40(23-25-41)44-18-12-14-20-46(44)52-35(2)37(4)53(38(5)36(52)3)47-21-15-13-19-45(47)49-27-26-42(32-56-49)51-31-43(28-29-55-51)54(6,7)8;;/h9-24,27-33H,1-8H3;;/q-2;;. The van der Waals surface area contributed by atoms with Gasteiger partial charge in [0.15, 0.2) is 0 Å². The predicted molar refractivity (Wildman–Crippen MR) is 238 cm³/mol. The third-order valence-corrected chi connectivity index (χ3v) is 11.5. The molecule has 8 rings (SSSR count). The maximum Gasteiger partial charge on any atom is 0.0242 e. The van der Waals surface area contributed by atoms with E-state index in [1.54, 1.807) is 0 Å². The fraction of sp³-hybridized carbons (Fsp3) is 0.167. The Morgan fingerprint density at radius 1 is 0.441 bits per heavy atom. The van der Waals surface area contributed by atoms with Crippen LogP contribution < -0.4 is 0 Å². The first-order valence-corrected chi connectivity index (χ1v) is 19.7. The van der Waals surface area contributed by atoms with E-state index in [-0.39, 0.29) is 45.6 Å². The van der Waals surface area contributed by atoms with Gasteiger partial charge in [0.05, 0.1) is 0 Å². The van der Waals surface area contributed by atoms with Crippen LogP contribution in [-0.4, -0.2) is 15.0 Å². The number of hydrogen-bond acceptors (Lipinski definition) is 3. The van der Waals surface area contributed by atoms with E-state index in [9.17, 15) is 0 Å². The fourth-order valence-electron chi connectivity index (χ4n) is 8.06. The topological polar surface area (TPSA) is 38.7 Å². The average Bonchev–Trinajstić information content (AvgIpc) is 3.24. The minimum absolute atomic E-state index is 0. The van der Waals surface area contributed by atoms with E-state index in [0.717, 1.165) is 44.9 Å². The molecule has 0 fully saturated rings. The van der Waals surface area contributed by atoms with E-state index in [4.69, 9.17) is 9.97 Å². The van der Waals surface area contributed by atoms with E-state index in [0.29, 0.717) is 0 Å². The molecular formula is C54H47Ir2N3-2. The number of nitrogens with zero attached hydrogens (tertiary/aromatic N) is 3. The first-order chi connectivity index (χ1) is 27.5. The van der Waals surface area contributed by atoms with Crippen LogP contribution in [0.25, 0.3) is 78.3 Å². The van der Waals surface area contributed by atoms with Crippen LogP contribution in [0, 0.1) is 46.8 Å². The first kappa shape index (κ1) is 43.4. The number of rotatable bonds is 7. The maximum absolute atomic E-state index is 4.99. The molecule has 0 atom stereocenters. The normalized spacial score (nSPS) is 11.1. The number of pyridine rings is 3. The molecule has 0 saturated heterocycles. The molecule has 0 aliphatic rings. The zero-order chi connectivity index (χ0) is 39.8. The van der Waals surface area contributed by atoms with E-state index in [1.807, 2.05) is 30.7 Å². The van der Waals surface area contributed by atoms with Gasteiger partial charge < -0.3 is 15.0 Å². The quantitative estimate of drug-likeness (QED) is 0.149. The molecule has 0 saturated carbocycles. The largest absolute Gasteiger partial charge is 0.352 e. The Morgan fingerprint density at radius 3 is 1.54 bits per heavy atom. The predicted octanol–water partition coefficient (Wildman–Crippen LogP) is 14.0. The van der Waals surface area contributed by atoms with Gasteiger partial charge in [-0.1, -0.05) is 129 Å². The summed E-state index contributed by atoms with van der Waals surface area (Å²) in [6, 6.07) is 49.7. The molecule has 2 radical (unpaired) electrons. The summed E-state index contributed by atoms with van der Waals surface area (Å²) in [4.78, 5) is 14.5. The molecule has 0 aliphatic heterocycles. The van der Waals surface area contributed by atoms with Crippen molar-refractivity contribution in [3.05, 3.63) is 185 Å². The molecule has 3 nitrogen and oxygen atoms in total. The van der Waals surface area contributed by atoms with Crippen LogP contribution in [0.5, 0.6) is 0 Å². The van der Waals surface area contributed by atoms with E-state index < -0.39 is 0 Å². The molecule has 0 unspecified atom stereocenters. The van der Waals surface area contributed by atoms with Gasteiger partial charge >= 0.3 is 0 Å². The van der Waals surface area contributed by atoms with Gasteiger partial charge in [-0.2, -0.15) is 0 Å². The van der Waals surface area contributed by atoms with E-state index in [1.165, 1.54) is 66.8 Å². The van der Waals surface area contributed by atoms with Crippen molar-refractivity contribution in [1.29, 1.82) is 0 Å². The third-order valence-electron chi connectivity index (χ3n) is 11.5. The fourth-order valence-corrected chi connectivity index (χ4v) is 8.06.